The molecule has 3 aromatic carbocycles. The van der Waals surface area contributed by atoms with E-state index in [4.69, 9.17) is 14.2 Å². The lowest BCUT2D eigenvalue weighted by Crippen LogP contribution is -2.25. The van der Waals surface area contributed by atoms with Gasteiger partial charge in [0, 0.05) is 25.7 Å². The Morgan fingerprint density at radius 1 is 0.921 bits per heavy atom. The molecule has 4 rings (SSSR count). The first kappa shape index (κ1) is 26.8. The predicted molar refractivity (Wildman–Crippen MR) is 148 cm³/mol. The second-order valence-electron chi connectivity index (χ2n) is 8.76. The zero-order valence-corrected chi connectivity index (χ0v) is 22.3. The molecule has 196 valence electrons. The Labute approximate surface area is 225 Å². The summed E-state index contributed by atoms with van der Waals surface area (Å²) in [6, 6.07) is 20.1. The maximum atomic E-state index is 13.2. The topological polar surface area (TPSA) is 94.2 Å². The molecule has 9 heteroatoms. The van der Waals surface area contributed by atoms with Gasteiger partial charge in [0.25, 0.3) is 11.1 Å². The molecule has 1 saturated heterocycles. The van der Waals surface area contributed by atoms with Crippen molar-refractivity contribution in [2.75, 3.05) is 28.3 Å². The van der Waals surface area contributed by atoms with E-state index < -0.39 is 5.25 Å². The number of carbonyl (C=O) groups excluding carboxylic acids is 3. The Balaban J connectivity index is 1.57. The molecule has 3 amide bonds. The maximum absolute atomic E-state index is 13.2. The van der Waals surface area contributed by atoms with Crippen molar-refractivity contribution in [3.05, 3.63) is 83.4 Å². The van der Waals surface area contributed by atoms with Gasteiger partial charge in [-0.15, -0.1) is 0 Å². The summed E-state index contributed by atoms with van der Waals surface area (Å²) in [7, 11) is 6.56. The Hall–Kier alpha value is -4.24. The Kier molecular flexibility index (Phi) is 8.38. The molecule has 0 radical (unpaired) electrons. The third-order valence-electron chi connectivity index (χ3n) is 5.81. The average Bonchev–Trinajstić information content (AvgIpc) is 3.23. The second kappa shape index (κ2) is 11.9. The number of nitrogens with one attached hydrogen (secondary N) is 1. The molecule has 0 spiro atoms. The molecule has 1 heterocycles. The van der Waals surface area contributed by atoms with Crippen LogP contribution < -0.4 is 19.5 Å². The average molecular weight is 533 g/mol. The van der Waals surface area contributed by atoms with Crippen LogP contribution in [0, 0.1) is 0 Å². The fourth-order valence-corrected chi connectivity index (χ4v) is 4.75. The van der Waals surface area contributed by atoms with Crippen LogP contribution in [0.3, 0.4) is 0 Å². The van der Waals surface area contributed by atoms with Crippen molar-refractivity contribution in [1.82, 2.24) is 10.2 Å². The normalized spacial score (nSPS) is 15.2. The maximum Gasteiger partial charge on any atom is 0.286 e. The molecule has 1 aliphatic heterocycles. The Morgan fingerprint density at radius 2 is 1.61 bits per heavy atom. The van der Waals surface area contributed by atoms with Gasteiger partial charge in [-0.25, -0.2) is 0 Å². The van der Waals surface area contributed by atoms with Crippen LogP contribution >= 0.6 is 11.8 Å². The minimum atomic E-state index is -0.421. The summed E-state index contributed by atoms with van der Waals surface area (Å²) in [6.45, 7) is 0. The van der Waals surface area contributed by atoms with E-state index in [2.05, 4.69) is 5.32 Å². The van der Waals surface area contributed by atoms with Crippen LogP contribution in [0.1, 0.15) is 16.7 Å². The van der Waals surface area contributed by atoms with Gasteiger partial charge in [0.15, 0.2) is 0 Å². The SMILES string of the molecule is COc1cc(/C=C(/C(=O)N(C)C)c2cccc(Oc3ccc(CC4SC(=O)NC4=O)cc3)c2)cc(OC)c1. The van der Waals surface area contributed by atoms with E-state index in [9.17, 15) is 14.4 Å². The predicted octanol–water partition coefficient (Wildman–Crippen LogP) is 5.02. The second-order valence-corrected chi connectivity index (χ2v) is 9.94. The van der Waals surface area contributed by atoms with Crippen molar-refractivity contribution < 1.29 is 28.6 Å². The largest absolute Gasteiger partial charge is 0.497 e. The molecule has 0 bridgehead atoms. The monoisotopic (exact) mass is 532 g/mol. The number of hydrogen-bond acceptors (Lipinski definition) is 7. The minimum absolute atomic E-state index is 0.166. The van der Waals surface area contributed by atoms with Gasteiger partial charge in [-0.2, -0.15) is 0 Å². The van der Waals surface area contributed by atoms with Crippen LogP contribution in [-0.2, 0) is 16.0 Å². The number of likely N-dealkylation sites (N-methyl/N-ethyl adjacent to an activating group) is 1. The molecular weight excluding hydrogens is 504 g/mol. The van der Waals surface area contributed by atoms with Gasteiger partial charge in [-0.05, 0) is 65.6 Å². The highest BCUT2D eigenvalue weighted by molar-refractivity contribution is 8.15. The van der Waals surface area contributed by atoms with E-state index >= 15 is 0 Å². The van der Waals surface area contributed by atoms with Gasteiger partial charge >= 0.3 is 0 Å². The summed E-state index contributed by atoms with van der Waals surface area (Å²) in [6.07, 6.45) is 2.25. The fraction of sp³-hybridized carbons (Fsp3) is 0.207. The number of amides is 3. The van der Waals surface area contributed by atoms with Crippen molar-refractivity contribution in [1.29, 1.82) is 0 Å². The van der Waals surface area contributed by atoms with E-state index in [1.54, 1.807) is 40.5 Å². The van der Waals surface area contributed by atoms with Crippen LogP contribution in [0.2, 0.25) is 0 Å². The van der Waals surface area contributed by atoms with Crippen molar-refractivity contribution in [2.45, 2.75) is 11.7 Å². The van der Waals surface area contributed by atoms with Crippen molar-refractivity contribution in [3.8, 4) is 23.0 Å². The van der Waals surface area contributed by atoms with Crippen LogP contribution in [0.25, 0.3) is 11.6 Å². The van der Waals surface area contributed by atoms with E-state index in [0.29, 0.717) is 40.6 Å². The lowest BCUT2D eigenvalue weighted by molar-refractivity contribution is -0.122. The molecule has 1 unspecified atom stereocenters. The molecule has 0 aromatic heterocycles. The first-order valence-corrected chi connectivity index (χ1v) is 12.7. The molecule has 1 fully saturated rings. The van der Waals surface area contributed by atoms with Crippen molar-refractivity contribution in [3.63, 3.8) is 0 Å². The van der Waals surface area contributed by atoms with E-state index in [-0.39, 0.29) is 17.1 Å². The third kappa shape index (κ3) is 6.54. The Morgan fingerprint density at radius 3 is 2.18 bits per heavy atom. The van der Waals surface area contributed by atoms with Crippen molar-refractivity contribution >= 4 is 40.5 Å². The first-order chi connectivity index (χ1) is 18.2. The van der Waals surface area contributed by atoms with Gasteiger partial charge in [0.1, 0.15) is 23.0 Å². The lowest BCUT2D eigenvalue weighted by Gasteiger charge is -2.16. The van der Waals surface area contributed by atoms with Crippen LogP contribution in [0.4, 0.5) is 4.79 Å². The number of nitrogens with zero attached hydrogens (tertiary/aromatic N) is 1. The highest BCUT2D eigenvalue weighted by Crippen LogP contribution is 2.30. The molecule has 1 N–H and O–H groups in total. The number of imide groups is 1. The molecule has 1 atom stereocenters. The number of ether oxygens (including phenoxy) is 3. The Bertz CT molecular complexity index is 1360. The number of rotatable bonds is 9. The first-order valence-electron chi connectivity index (χ1n) is 11.8. The van der Waals surface area contributed by atoms with E-state index in [0.717, 1.165) is 22.9 Å². The third-order valence-corrected chi connectivity index (χ3v) is 6.79. The molecule has 3 aromatic rings. The number of thioether (sulfide) groups is 1. The zero-order chi connectivity index (χ0) is 27.2. The van der Waals surface area contributed by atoms with Gasteiger partial charge in [0.05, 0.1) is 19.5 Å². The summed E-state index contributed by atoms with van der Waals surface area (Å²) >= 11 is 1.01. The fourth-order valence-electron chi connectivity index (χ4n) is 3.89. The number of benzene rings is 3. The molecule has 0 saturated carbocycles. The summed E-state index contributed by atoms with van der Waals surface area (Å²) in [4.78, 5) is 37.9. The summed E-state index contributed by atoms with van der Waals surface area (Å²) < 4.78 is 16.8. The lowest BCUT2D eigenvalue weighted by atomic mass is 10.0. The van der Waals surface area contributed by atoms with Gasteiger partial charge < -0.3 is 19.1 Å². The van der Waals surface area contributed by atoms with Crippen LogP contribution in [0.5, 0.6) is 23.0 Å². The van der Waals surface area contributed by atoms with Gasteiger partial charge in [0.2, 0.25) is 5.91 Å². The van der Waals surface area contributed by atoms with Gasteiger partial charge in [-0.1, -0.05) is 36.0 Å². The minimum Gasteiger partial charge on any atom is -0.497 e. The molecular formula is C29H28N2O6S. The summed E-state index contributed by atoms with van der Waals surface area (Å²) in [5, 5.41) is 1.57. The summed E-state index contributed by atoms with van der Waals surface area (Å²) in [5.74, 6) is 1.97. The number of hydrogen-bond donors (Lipinski definition) is 1. The standard InChI is InChI=1S/C29H28N2O6S/c1-31(2)28(33)25(14-19-12-23(35-3)17-24(13-19)36-4)20-6-5-7-22(16-20)37-21-10-8-18(9-11-21)15-26-27(32)30-29(34)38-26/h5-14,16-17,26H,15H2,1-4H3,(H,30,32,34)/b25-14+. The smallest absolute Gasteiger partial charge is 0.286 e. The molecule has 38 heavy (non-hydrogen) atoms. The van der Waals surface area contributed by atoms with Gasteiger partial charge in [-0.3, -0.25) is 19.7 Å². The number of methoxy groups -OCH3 is 2. The van der Waals surface area contributed by atoms with Crippen LogP contribution in [0.15, 0.2) is 66.7 Å². The number of carbonyl (C=O) groups is 3. The zero-order valence-electron chi connectivity index (χ0n) is 21.5. The molecule has 1 aliphatic rings. The highest BCUT2D eigenvalue weighted by atomic mass is 32.2. The highest BCUT2D eigenvalue weighted by Gasteiger charge is 2.31. The quantitative estimate of drug-likeness (QED) is 0.306. The molecule has 8 nitrogen and oxygen atoms in total. The molecule has 0 aliphatic carbocycles. The van der Waals surface area contributed by atoms with E-state index in [1.165, 1.54) is 4.90 Å². The van der Waals surface area contributed by atoms with Crippen LogP contribution in [-0.4, -0.2) is 55.5 Å². The van der Waals surface area contributed by atoms with Crippen molar-refractivity contribution in [2.24, 2.45) is 0 Å². The van der Waals surface area contributed by atoms with E-state index in [1.807, 2.05) is 60.7 Å². The summed E-state index contributed by atoms with van der Waals surface area (Å²) in [5.41, 5.74) is 2.84.